The van der Waals surface area contributed by atoms with Gasteiger partial charge in [0.25, 0.3) is 0 Å². The molecule has 0 aromatic rings. The van der Waals surface area contributed by atoms with Crippen molar-refractivity contribution < 1.29 is 21.1 Å². The molecule has 2 nitrogen and oxygen atoms in total. The van der Waals surface area contributed by atoms with E-state index in [1.54, 1.807) is 0 Å². The molecular weight excluding hydrogens is 284 g/mol. The number of nitrogens with zero attached hydrogens (tertiary/aromatic N) is 2. The van der Waals surface area contributed by atoms with E-state index >= 15 is 0 Å². The first-order valence-electron chi connectivity index (χ1n) is 3.03. The van der Waals surface area contributed by atoms with Gasteiger partial charge in [-0.15, -0.1) is 0 Å². The van der Waals surface area contributed by atoms with Gasteiger partial charge in [-0.2, -0.15) is 0 Å². The molecule has 1 saturated heterocycles. The Morgan fingerprint density at radius 3 is 1.89 bits per heavy atom. The molecule has 0 radical (unpaired) electrons. The van der Waals surface area contributed by atoms with Crippen LogP contribution >= 0.6 is 0 Å². The van der Waals surface area contributed by atoms with Gasteiger partial charge in [-0.25, -0.2) is 0 Å². The Labute approximate surface area is 71.5 Å². The van der Waals surface area contributed by atoms with Gasteiger partial charge in [-0.05, 0) is 20.1 Å². The van der Waals surface area contributed by atoms with E-state index in [9.17, 15) is 0 Å². The van der Waals surface area contributed by atoms with Crippen molar-refractivity contribution >= 4 is 0 Å². The molecule has 0 aromatic carbocycles. The minimum atomic E-state index is 0. The fourth-order valence-corrected chi connectivity index (χ4v) is 0.848. The maximum Gasteiger partial charge on any atom is 0.00826 e. The van der Waals surface area contributed by atoms with Gasteiger partial charge in [0, 0.05) is 34.2 Å². The zero-order valence-corrected chi connectivity index (χ0v) is 8.77. The molecule has 0 aliphatic carbocycles. The van der Waals surface area contributed by atoms with Crippen LogP contribution in [0.25, 0.3) is 0 Å². The molecule has 1 aliphatic rings. The van der Waals surface area contributed by atoms with Crippen molar-refractivity contribution in [1.29, 1.82) is 0 Å². The van der Waals surface area contributed by atoms with Gasteiger partial charge in [0.1, 0.15) is 0 Å². The standard InChI is InChI=1S/C6H13N2.W/c1-7-3-5-8(2)6-4-7;/h1,3-6H2,2H3;/q-1;. The van der Waals surface area contributed by atoms with Crippen molar-refractivity contribution in [3.8, 4) is 0 Å². The van der Waals surface area contributed by atoms with Gasteiger partial charge >= 0.3 is 0 Å². The molecule has 0 spiro atoms. The van der Waals surface area contributed by atoms with Crippen LogP contribution in [0.15, 0.2) is 0 Å². The Bertz CT molecular complexity index is 59.5. The molecule has 0 amide bonds. The van der Waals surface area contributed by atoms with E-state index < -0.39 is 0 Å². The van der Waals surface area contributed by atoms with E-state index in [1.807, 2.05) is 0 Å². The third kappa shape index (κ3) is 3.34. The second-order valence-corrected chi connectivity index (χ2v) is 2.42. The second kappa shape index (κ2) is 4.43. The summed E-state index contributed by atoms with van der Waals surface area (Å²) in [6.07, 6.45) is 0. The molecule has 3 heteroatoms. The van der Waals surface area contributed by atoms with Crippen molar-refractivity contribution in [2.24, 2.45) is 0 Å². The van der Waals surface area contributed by atoms with Crippen LogP contribution < -0.4 is 0 Å². The summed E-state index contributed by atoms with van der Waals surface area (Å²) >= 11 is 0. The Morgan fingerprint density at radius 2 is 1.56 bits per heavy atom. The zero-order valence-electron chi connectivity index (χ0n) is 5.84. The van der Waals surface area contributed by atoms with Crippen molar-refractivity contribution in [2.75, 3.05) is 33.2 Å². The van der Waals surface area contributed by atoms with Crippen molar-refractivity contribution in [2.45, 2.75) is 0 Å². The molecule has 1 rings (SSSR count). The van der Waals surface area contributed by atoms with Gasteiger partial charge in [0.05, 0.1) is 0 Å². The van der Waals surface area contributed by atoms with Gasteiger partial charge in [0.15, 0.2) is 0 Å². The number of hydrogen-bond acceptors (Lipinski definition) is 2. The topological polar surface area (TPSA) is 6.48 Å². The number of likely N-dealkylation sites (N-methyl/N-ethyl adjacent to an activating group) is 1. The molecule has 0 unspecified atom stereocenters. The van der Waals surface area contributed by atoms with Crippen LogP contribution in [0, 0.1) is 7.05 Å². The van der Waals surface area contributed by atoms with Crippen molar-refractivity contribution in [3.63, 3.8) is 0 Å². The molecule has 9 heavy (non-hydrogen) atoms. The quantitative estimate of drug-likeness (QED) is 0.582. The first-order chi connectivity index (χ1) is 3.79. The van der Waals surface area contributed by atoms with E-state index in [0.29, 0.717) is 0 Å². The summed E-state index contributed by atoms with van der Waals surface area (Å²) in [4.78, 5) is 4.43. The number of hydrogen-bond donors (Lipinski definition) is 0. The SMILES string of the molecule is [CH2-]N1CCN(C)CC1.[W]. The molecule has 1 fully saturated rings. The maximum atomic E-state index is 3.84. The minimum absolute atomic E-state index is 0. The molecule has 0 aromatic heterocycles. The Kier molecular flexibility index (Phi) is 4.73. The predicted octanol–water partition coefficient (Wildman–Crippen LogP) is 0.0229. The third-order valence-electron chi connectivity index (χ3n) is 1.60. The van der Waals surface area contributed by atoms with E-state index in [1.165, 1.54) is 13.1 Å². The van der Waals surface area contributed by atoms with Crippen LogP contribution in [0.3, 0.4) is 0 Å². The molecule has 1 heterocycles. The van der Waals surface area contributed by atoms with Crippen LogP contribution in [0.2, 0.25) is 0 Å². The summed E-state index contributed by atoms with van der Waals surface area (Å²) in [5.41, 5.74) is 0. The van der Waals surface area contributed by atoms with E-state index in [2.05, 4.69) is 23.9 Å². The molecular formula is C6H13N2W-. The fourth-order valence-electron chi connectivity index (χ4n) is 0.848. The van der Waals surface area contributed by atoms with E-state index in [0.717, 1.165) is 13.1 Å². The molecule has 1 aliphatic heterocycles. The van der Waals surface area contributed by atoms with Crippen LogP contribution in [-0.4, -0.2) is 43.0 Å². The molecule has 0 atom stereocenters. The summed E-state index contributed by atoms with van der Waals surface area (Å²) in [6.45, 7) is 4.58. The summed E-state index contributed by atoms with van der Waals surface area (Å²) in [6, 6.07) is 0. The largest absolute Gasteiger partial charge is 0.457 e. The average Bonchev–Trinajstić information content (AvgIpc) is 1.77. The Balaban J connectivity index is 0.000000640. The molecule has 0 N–H and O–H groups in total. The summed E-state index contributed by atoms with van der Waals surface area (Å²) < 4.78 is 0. The smallest absolute Gasteiger partial charge is 0.00826 e. The zero-order chi connectivity index (χ0) is 5.98. The summed E-state index contributed by atoms with van der Waals surface area (Å²) in [7, 11) is 5.98. The van der Waals surface area contributed by atoms with Crippen LogP contribution in [0.5, 0.6) is 0 Å². The minimum Gasteiger partial charge on any atom is -0.457 e. The summed E-state index contributed by atoms with van der Waals surface area (Å²) in [5, 5.41) is 0. The maximum absolute atomic E-state index is 3.84. The van der Waals surface area contributed by atoms with Crippen molar-refractivity contribution in [3.05, 3.63) is 7.05 Å². The fraction of sp³-hybridized carbons (Fsp3) is 0.833. The van der Waals surface area contributed by atoms with E-state index in [4.69, 9.17) is 0 Å². The molecule has 54 valence electrons. The Morgan fingerprint density at radius 1 is 1.11 bits per heavy atom. The summed E-state index contributed by atoms with van der Waals surface area (Å²) in [5.74, 6) is 0. The first kappa shape index (κ1) is 9.61. The second-order valence-electron chi connectivity index (χ2n) is 2.42. The Hall–Kier alpha value is 0.608. The van der Waals surface area contributed by atoms with E-state index in [-0.39, 0.29) is 21.1 Å². The van der Waals surface area contributed by atoms with Gasteiger partial charge in [0.2, 0.25) is 0 Å². The number of rotatable bonds is 0. The molecule has 0 bridgehead atoms. The number of piperazine rings is 1. The monoisotopic (exact) mass is 297 g/mol. The van der Waals surface area contributed by atoms with Crippen LogP contribution in [0.4, 0.5) is 0 Å². The normalized spacial score (nSPS) is 23.3. The predicted molar refractivity (Wildman–Crippen MR) is 34.4 cm³/mol. The van der Waals surface area contributed by atoms with Gasteiger partial charge < -0.3 is 9.80 Å². The van der Waals surface area contributed by atoms with Crippen LogP contribution in [-0.2, 0) is 21.1 Å². The van der Waals surface area contributed by atoms with Gasteiger partial charge in [-0.1, -0.05) is 0 Å². The first-order valence-corrected chi connectivity index (χ1v) is 3.03. The molecule has 0 saturated carbocycles. The van der Waals surface area contributed by atoms with Crippen molar-refractivity contribution in [1.82, 2.24) is 9.80 Å². The van der Waals surface area contributed by atoms with Crippen LogP contribution in [0.1, 0.15) is 0 Å². The van der Waals surface area contributed by atoms with Gasteiger partial charge in [-0.3, -0.25) is 7.05 Å². The average molecular weight is 297 g/mol. The third-order valence-corrected chi connectivity index (χ3v) is 1.60.